The Bertz CT molecular complexity index is 643. The van der Waals surface area contributed by atoms with Crippen LogP contribution in [0, 0.1) is 5.92 Å². The van der Waals surface area contributed by atoms with E-state index in [0.29, 0.717) is 17.7 Å². The van der Waals surface area contributed by atoms with Gasteiger partial charge in [0.25, 0.3) is 0 Å². The minimum atomic E-state index is 0.166. The third-order valence-corrected chi connectivity index (χ3v) is 5.84. The normalized spacial score (nSPS) is 16.5. The highest BCUT2D eigenvalue weighted by Crippen LogP contribution is 2.26. The molecule has 1 saturated heterocycles. The molecule has 1 fully saturated rings. The second-order valence-electron chi connectivity index (χ2n) is 7.69. The predicted molar refractivity (Wildman–Crippen MR) is 123 cm³/mol. The summed E-state index contributed by atoms with van der Waals surface area (Å²) in [5, 5.41) is 16.6. The van der Waals surface area contributed by atoms with Crippen LogP contribution in [0.2, 0.25) is 0 Å². The van der Waals surface area contributed by atoms with Crippen LogP contribution in [-0.2, 0) is 11.2 Å². The van der Waals surface area contributed by atoms with E-state index in [1.165, 1.54) is 12.8 Å². The average Bonchev–Trinajstić information content (AvgIpc) is 2.78. The maximum atomic E-state index is 9.75. The number of nitrogens with zero attached hydrogens (tertiary/aromatic N) is 2. The Morgan fingerprint density at radius 1 is 1.20 bits per heavy atom. The van der Waals surface area contributed by atoms with Crippen molar-refractivity contribution in [2.45, 2.75) is 46.1 Å². The van der Waals surface area contributed by atoms with E-state index in [0.717, 1.165) is 63.9 Å². The van der Waals surface area contributed by atoms with Crippen molar-refractivity contribution in [1.29, 1.82) is 0 Å². The maximum absolute atomic E-state index is 9.75. The summed E-state index contributed by atoms with van der Waals surface area (Å²) in [6, 6.07) is 5.92. The molecule has 3 N–H and O–H groups in total. The summed E-state index contributed by atoms with van der Waals surface area (Å²) >= 11 is 0. The summed E-state index contributed by atoms with van der Waals surface area (Å²) in [6.45, 7) is 12.6. The molecule has 1 aliphatic heterocycles. The minimum absolute atomic E-state index is 0.166. The minimum Gasteiger partial charge on any atom is -0.504 e. The molecule has 30 heavy (non-hydrogen) atoms. The Morgan fingerprint density at radius 3 is 2.57 bits per heavy atom. The highest BCUT2D eigenvalue weighted by molar-refractivity contribution is 5.79. The summed E-state index contributed by atoms with van der Waals surface area (Å²) in [5.41, 5.74) is 1.11. The number of hydrogen-bond acceptors (Lipinski definition) is 5. The molecule has 1 heterocycles. The molecule has 0 bridgehead atoms. The molecule has 1 aromatic rings. The Balaban J connectivity index is 1.98. The zero-order chi connectivity index (χ0) is 21.8. The van der Waals surface area contributed by atoms with E-state index in [1.807, 2.05) is 12.1 Å². The van der Waals surface area contributed by atoms with Crippen LogP contribution in [0.25, 0.3) is 0 Å². The van der Waals surface area contributed by atoms with E-state index in [2.05, 4.69) is 36.3 Å². The lowest BCUT2D eigenvalue weighted by Crippen LogP contribution is -2.49. The first kappa shape index (κ1) is 24.3. The van der Waals surface area contributed by atoms with Crippen LogP contribution in [0.4, 0.5) is 0 Å². The molecular formula is C23H40N4O3. The van der Waals surface area contributed by atoms with Gasteiger partial charge in [-0.25, -0.2) is 0 Å². The molecule has 0 amide bonds. The van der Waals surface area contributed by atoms with Gasteiger partial charge in [0.2, 0.25) is 0 Å². The topological polar surface area (TPSA) is 78.4 Å². The van der Waals surface area contributed by atoms with Crippen molar-refractivity contribution in [2.75, 3.05) is 53.0 Å². The van der Waals surface area contributed by atoms with Gasteiger partial charge in [-0.1, -0.05) is 32.8 Å². The number of phenolic OH excluding ortho intramolecular Hbond substituents is 1. The average molecular weight is 421 g/mol. The van der Waals surface area contributed by atoms with E-state index >= 15 is 0 Å². The van der Waals surface area contributed by atoms with Gasteiger partial charge < -0.3 is 25.2 Å². The zero-order valence-corrected chi connectivity index (χ0v) is 19.1. The number of phenols is 1. The number of hydrogen-bond donors (Lipinski definition) is 3. The summed E-state index contributed by atoms with van der Waals surface area (Å²) in [4.78, 5) is 7.48. The van der Waals surface area contributed by atoms with E-state index in [-0.39, 0.29) is 5.75 Å². The van der Waals surface area contributed by atoms with Crippen molar-refractivity contribution in [3.8, 4) is 11.5 Å². The van der Waals surface area contributed by atoms with E-state index < -0.39 is 0 Å². The molecule has 1 unspecified atom stereocenters. The maximum Gasteiger partial charge on any atom is 0.191 e. The number of rotatable bonds is 11. The second kappa shape index (κ2) is 13.3. The van der Waals surface area contributed by atoms with Gasteiger partial charge in [-0.3, -0.25) is 9.89 Å². The fourth-order valence-electron chi connectivity index (χ4n) is 4.03. The lowest BCUT2D eigenvalue weighted by Gasteiger charge is -2.38. The van der Waals surface area contributed by atoms with Gasteiger partial charge in [0.15, 0.2) is 17.5 Å². The number of guanidine groups is 1. The highest BCUT2D eigenvalue weighted by Gasteiger charge is 2.26. The molecule has 0 saturated carbocycles. The number of morpholine rings is 1. The van der Waals surface area contributed by atoms with Crippen molar-refractivity contribution in [3.63, 3.8) is 0 Å². The summed E-state index contributed by atoms with van der Waals surface area (Å²) in [7, 11) is 1.57. The third kappa shape index (κ3) is 7.36. The smallest absolute Gasteiger partial charge is 0.191 e. The van der Waals surface area contributed by atoms with Gasteiger partial charge in [-0.15, -0.1) is 0 Å². The molecule has 0 aromatic heterocycles. The van der Waals surface area contributed by atoms with Crippen molar-refractivity contribution < 1.29 is 14.6 Å². The Morgan fingerprint density at radius 2 is 1.93 bits per heavy atom. The van der Waals surface area contributed by atoms with Crippen molar-refractivity contribution in [2.24, 2.45) is 10.9 Å². The van der Waals surface area contributed by atoms with E-state index in [1.54, 1.807) is 13.2 Å². The lowest BCUT2D eigenvalue weighted by atomic mass is 9.92. The summed E-state index contributed by atoms with van der Waals surface area (Å²) in [6.07, 6.45) is 3.15. The van der Waals surface area contributed by atoms with Gasteiger partial charge in [0.05, 0.1) is 26.9 Å². The lowest BCUT2D eigenvalue weighted by molar-refractivity contribution is 0.00395. The molecule has 170 valence electrons. The number of ether oxygens (including phenoxy) is 2. The van der Waals surface area contributed by atoms with Crippen LogP contribution in [-0.4, -0.2) is 75.1 Å². The van der Waals surface area contributed by atoms with Crippen LogP contribution in [0.15, 0.2) is 23.2 Å². The molecule has 7 nitrogen and oxygen atoms in total. The molecule has 0 radical (unpaired) electrons. The van der Waals surface area contributed by atoms with Crippen molar-refractivity contribution in [3.05, 3.63) is 23.8 Å². The third-order valence-electron chi connectivity index (χ3n) is 5.84. The Labute approximate surface area is 181 Å². The largest absolute Gasteiger partial charge is 0.504 e. The van der Waals surface area contributed by atoms with Gasteiger partial charge >= 0.3 is 0 Å². The monoisotopic (exact) mass is 420 g/mol. The number of nitrogens with one attached hydrogen (secondary N) is 2. The van der Waals surface area contributed by atoms with Gasteiger partial charge in [-0.2, -0.15) is 0 Å². The van der Waals surface area contributed by atoms with Gasteiger partial charge in [0.1, 0.15) is 0 Å². The molecule has 1 atom stereocenters. The van der Waals surface area contributed by atoms with Crippen molar-refractivity contribution in [1.82, 2.24) is 15.5 Å². The van der Waals surface area contributed by atoms with Crippen LogP contribution in [0.5, 0.6) is 11.5 Å². The molecule has 1 aliphatic rings. The quantitative estimate of drug-likeness (QED) is 0.377. The standard InChI is InChI=1S/C23H40N4O3/c1-5-19(6-2)20(27-12-14-30-15-13-27)17-26-23(24-7-3)25-11-10-18-8-9-21(28)22(16-18)29-4/h8-9,16,19-20,28H,5-7,10-15,17H2,1-4H3,(H2,24,25,26). The number of methoxy groups -OCH3 is 1. The fraction of sp³-hybridized carbons (Fsp3) is 0.696. The first-order chi connectivity index (χ1) is 14.6. The molecule has 2 rings (SSSR count). The molecule has 0 aliphatic carbocycles. The molecule has 1 aromatic carbocycles. The van der Waals surface area contributed by atoms with E-state index in [9.17, 15) is 5.11 Å². The first-order valence-corrected chi connectivity index (χ1v) is 11.3. The Hall–Kier alpha value is -1.99. The van der Waals surface area contributed by atoms with Crippen LogP contribution in [0.3, 0.4) is 0 Å². The van der Waals surface area contributed by atoms with Crippen LogP contribution in [0.1, 0.15) is 39.2 Å². The highest BCUT2D eigenvalue weighted by atomic mass is 16.5. The summed E-state index contributed by atoms with van der Waals surface area (Å²) < 4.78 is 10.8. The van der Waals surface area contributed by atoms with Crippen LogP contribution >= 0.6 is 0 Å². The van der Waals surface area contributed by atoms with Crippen molar-refractivity contribution >= 4 is 5.96 Å². The first-order valence-electron chi connectivity index (χ1n) is 11.3. The SMILES string of the molecule is CCNC(=NCC(C(CC)CC)N1CCOCC1)NCCc1ccc(O)c(OC)c1. The zero-order valence-electron chi connectivity index (χ0n) is 19.1. The van der Waals surface area contributed by atoms with Gasteiger partial charge in [-0.05, 0) is 37.0 Å². The van der Waals surface area contributed by atoms with Crippen LogP contribution < -0.4 is 15.4 Å². The summed E-state index contributed by atoms with van der Waals surface area (Å²) in [5.74, 6) is 2.16. The number of aliphatic imine (C=N–C) groups is 1. The molecule has 0 spiro atoms. The second-order valence-corrected chi connectivity index (χ2v) is 7.69. The van der Waals surface area contributed by atoms with Gasteiger partial charge in [0, 0.05) is 32.2 Å². The number of aromatic hydroxyl groups is 1. The van der Waals surface area contributed by atoms with E-state index in [4.69, 9.17) is 14.5 Å². The fourth-order valence-corrected chi connectivity index (χ4v) is 4.03. The Kier molecular flexibility index (Phi) is 10.8. The molecular weight excluding hydrogens is 380 g/mol. The molecule has 7 heteroatoms. The predicted octanol–water partition coefficient (Wildman–Crippen LogP) is 2.64. The number of benzene rings is 1.